The predicted octanol–water partition coefficient (Wildman–Crippen LogP) is 3.44. The van der Waals surface area contributed by atoms with Crippen molar-refractivity contribution in [3.63, 3.8) is 0 Å². The average Bonchev–Trinajstić information content (AvgIpc) is 2.89. The van der Waals surface area contributed by atoms with Gasteiger partial charge < -0.3 is 14.2 Å². The lowest BCUT2D eigenvalue weighted by Gasteiger charge is -2.19. The number of benzene rings is 1. The van der Waals surface area contributed by atoms with Crippen LogP contribution in [-0.4, -0.2) is 48.7 Å². The van der Waals surface area contributed by atoms with Gasteiger partial charge in [0.2, 0.25) is 11.7 Å². The third kappa shape index (κ3) is 7.29. The van der Waals surface area contributed by atoms with Crippen LogP contribution in [0.5, 0.6) is 17.4 Å². The van der Waals surface area contributed by atoms with E-state index >= 15 is 0 Å². The van der Waals surface area contributed by atoms with Gasteiger partial charge in [0, 0.05) is 23.7 Å². The monoisotopic (exact) mass is 603 g/mol. The van der Waals surface area contributed by atoms with Crippen molar-refractivity contribution in [2.45, 2.75) is 32.8 Å². The summed E-state index contributed by atoms with van der Waals surface area (Å²) in [5.74, 6) is 0.0225. The number of hydrogen-bond donors (Lipinski definition) is 3. The van der Waals surface area contributed by atoms with E-state index in [9.17, 15) is 19.2 Å². The van der Waals surface area contributed by atoms with Crippen molar-refractivity contribution in [3.8, 4) is 23.1 Å². The molecule has 0 aliphatic rings. The number of amides is 1. The Hall–Kier alpha value is -4.69. The number of carbonyl (C=O) groups is 1. The molecule has 214 valence electrons. The van der Waals surface area contributed by atoms with Gasteiger partial charge in [-0.2, -0.15) is 4.68 Å². The second kappa shape index (κ2) is 11.8. The smallest absolute Gasteiger partial charge is 0.413 e. The van der Waals surface area contributed by atoms with E-state index in [1.165, 1.54) is 31.5 Å². The van der Waals surface area contributed by atoms with Gasteiger partial charge >= 0.3 is 11.8 Å². The van der Waals surface area contributed by atoms with Crippen LogP contribution in [0.15, 0.2) is 50.9 Å². The predicted molar refractivity (Wildman–Crippen MR) is 149 cm³/mol. The Morgan fingerprint density at radius 2 is 1.78 bits per heavy atom. The molecule has 0 aliphatic heterocycles. The molecule has 0 spiro atoms. The van der Waals surface area contributed by atoms with Gasteiger partial charge in [-0.15, -0.1) is 10.2 Å². The lowest BCUT2D eigenvalue weighted by atomic mass is 10.1. The summed E-state index contributed by atoms with van der Waals surface area (Å²) in [5, 5.41) is 12.2. The first-order valence-electron chi connectivity index (χ1n) is 11.8. The normalized spacial score (nSPS) is 11.2. The molecular formula is C25H23Cl2N7O7. The molecule has 16 heteroatoms. The molecule has 3 heterocycles. The molecule has 3 aromatic heterocycles. The van der Waals surface area contributed by atoms with E-state index in [1.807, 2.05) is 0 Å². The molecule has 0 aliphatic carbocycles. The number of H-pyrrole nitrogens is 2. The van der Waals surface area contributed by atoms with Crippen LogP contribution in [0.2, 0.25) is 10.0 Å². The number of pyridine rings is 1. The van der Waals surface area contributed by atoms with Gasteiger partial charge in [0.25, 0.3) is 11.1 Å². The van der Waals surface area contributed by atoms with Crippen LogP contribution in [0.3, 0.4) is 0 Å². The van der Waals surface area contributed by atoms with Gasteiger partial charge in [0.1, 0.15) is 11.4 Å². The Balaban J connectivity index is 1.60. The minimum Gasteiger partial charge on any atom is -0.495 e. The molecule has 3 N–H and O–H groups in total. The number of rotatable bonds is 7. The van der Waals surface area contributed by atoms with E-state index in [2.05, 4.69) is 30.6 Å². The quantitative estimate of drug-likeness (QED) is 0.282. The van der Waals surface area contributed by atoms with Gasteiger partial charge in [-0.05, 0) is 45.0 Å². The molecular weight excluding hydrogens is 581 g/mol. The molecule has 41 heavy (non-hydrogen) atoms. The zero-order valence-electron chi connectivity index (χ0n) is 22.1. The van der Waals surface area contributed by atoms with E-state index in [4.69, 9.17) is 37.4 Å². The number of carbonyl (C=O) groups excluding carboxylic acids is 1. The van der Waals surface area contributed by atoms with E-state index in [0.717, 1.165) is 4.68 Å². The summed E-state index contributed by atoms with van der Waals surface area (Å²) < 4.78 is 16.7. The third-order valence-corrected chi connectivity index (χ3v) is 5.70. The lowest BCUT2D eigenvalue weighted by molar-refractivity contribution is 0.0634. The maximum atomic E-state index is 12.5. The van der Waals surface area contributed by atoms with Crippen molar-refractivity contribution in [1.82, 2.24) is 29.9 Å². The SMILES string of the molecule is COc1ccc(Cc2cc(Oc3c(Cl)cc(-n4nc(NC(=O)OC(C)(C)C)c(=O)[nH]c4=O)cc3Cl)n[nH]c2=O)nc1. The van der Waals surface area contributed by atoms with Crippen LogP contribution in [0.25, 0.3) is 5.69 Å². The molecule has 0 fully saturated rings. The lowest BCUT2D eigenvalue weighted by Crippen LogP contribution is -2.36. The molecule has 0 saturated carbocycles. The summed E-state index contributed by atoms with van der Waals surface area (Å²) in [4.78, 5) is 55.4. The van der Waals surface area contributed by atoms with Crippen molar-refractivity contribution in [3.05, 3.63) is 89.0 Å². The molecule has 0 atom stereocenters. The number of aromatic nitrogens is 6. The molecule has 0 bridgehead atoms. The van der Waals surface area contributed by atoms with Crippen LogP contribution in [0.1, 0.15) is 32.0 Å². The first-order chi connectivity index (χ1) is 19.3. The summed E-state index contributed by atoms with van der Waals surface area (Å²) in [5.41, 5.74) is -2.19. The van der Waals surface area contributed by atoms with Crippen molar-refractivity contribution in [2.24, 2.45) is 0 Å². The molecule has 1 aromatic carbocycles. The maximum Gasteiger partial charge on any atom is 0.413 e. The average molecular weight is 604 g/mol. The van der Waals surface area contributed by atoms with Gasteiger partial charge in [-0.3, -0.25) is 24.9 Å². The highest BCUT2D eigenvalue weighted by Gasteiger charge is 2.20. The Morgan fingerprint density at radius 3 is 2.39 bits per heavy atom. The van der Waals surface area contributed by atoms with E-state index in [1.54, 1.807) is 32.9 Å². The number of hydrogen-bond acceptors (Lipinski definition) is 10. The topological polar surface area (TPSA) is 183 Å². The molecule has 4 rings (SSSR count). The summed E-state index contributed by atoms with van der Waals surface area (Å²) in [6.45, 7) is 4.92. The number of anilines is 1. The second-order valence-electron chi connectivity index (χ2n) is 9.41. The van der Waals surface area contributed by atoms with Crippen LogP contribution in [-0.2, 0) is 11.2 Å². The standard InChI is InChI=1S/C25H23Cl2N7O7/c1-25(2,3)41-24(38)29-20-22(36)30-23(37)34(33-20)14-9-16(26)19(17(27)10-14)40-18-8-12(21(35)32-31-18)7-13-5-6-15(39-4)11-28-13/h5-6,8-11H,7H2,1-4H3,(H,32,35)(H,29,33,38)(H,30,36,37). The zero-order chi connectivity index (χ0) is 29.9. The Bertz CT molecular complexity index is 1750. The number of nitrogens with zero attached hydrogens (tertiary/aromatic N) is 4. The Labute approximate surface area is 241 Å². The second-order valence-corrected chi connectivity index (χ2v) is 10.2. The van der Waals surface area contributed by atoms with Crippen molar-refractivity contribution < 1.29 is 19.0 Å². The fourth-order valence-electron chi connectivity index (χ4n) is 3.37. The van der Waals surface area contributed by atoms with Crippen LogP contribution in [0, 0.1) is 0 Å². The highest BCUT2D eigenvalue weighted by Crippen LogP contribution is 2.37. The van der Waals surface area contributed by atoms with Crippen LogP contribution >= 0.6 is 23.2 Å². The summed E-state index contributed by atoms with van der Waals surface area (Å²) in [6, 6.07) is 7.43. The Morgan fingerprint density at radius 1 is 1.07 bits per heavy atom. The van der Waals surface area contributed by atoms with Gasteiger partial charge in [-0.1, -0.05) is 23.2 Å². The van der Waals surface area contributed by atoms with E-state index in [0.29, 0.717) is 17.0 Å². The van der Waals surface area contributed by atoms with Crippen molar-refractivity contribution in [1.29, 1.82) is 0 Å². The van der Waals surface area contributed by atoms with Crippen molar-refractivity contribution in [2.75, 3.05) is 12.4 Å². The van der Waals surface area contributed by atoms with Gasteiger partial charge in [0.15, 0.2) is 5.75 Å². The number of nitrogens with one attached hydrogen (secondary N) is 3. The number of methoxy groups -OCH3 is 1. The molecule has 0 unspecified atom stereocenters. The minimum absolute atomic E-state index is 0.0205. The maximum absolute atomic E-state index is 12.5. The van der Waals surface area contributed by atoms with Crippen molar-refractivity contribution >= 4 is 35.1 Å². The highest BCUT2D eigenvalue weighted by atomic mass is 35.5. The summed E-state index contributed by atoms with van der Waals surface area (Å²) >= 11 is 12.8. The number of aromatic amines is 2. The molecule has 4 aromatic rings. The summed E-state index contributed by atoms with van der Waals surface area (Å²) in [6.07, 6.45) is 0.762. The largest absolute Gasteiger partial charge is 0.495 e. The molecule has 0 saturated heterocycles. The minimum atomic E-state index is -0.948. The fraction of sp³-hybridized carbons (Fsp3) is 0.240. The van der Waals surface area contributed by atoms with E-state index < -0.39 is 34.3 Å². The molecule has 14 nitrogen and oxygen atoms in total. The van der Waals surface area contributed by atoms with Crippen LogP contribution < -0.4 is 31.6 Å². The number of ether oxygens (including phenoxy) is 3. The number of halogens is 2. The third-order valence-electron chi connectivity index (χ3n) is 5.14. The summed E-state index contributed by atoms with van der Waals surface area (Å²) in [7, 11) is 1.52. The van der Waals surface area contributed by atoms with E-state index in [-0.39, 0.29) is 33.8 Å². The first-order valence-corrected chi connectivity index (χ1v) is 12.6. The fourth-order valence-corrected chi connectivity index (χ4v) is 3.92. The van der Waals surface area contributed by atoms with Gasteiger partial charge in [0.05, 0.1) is 29.0 Å². The zero-order valence-corrected chi connectivity index (χ0v) is 23.6. The molecule has 0 radical (unpaired) electrons. The Kier molecular flexibility index (Phi) is 8.44. The first kappa shape index (κ1) is 29.3. The molecule has 1 amide bonds. The van der Waals surface area contributed by atoms with Gasteiger partial charge in [-0.25, -0.2) is 14.7 Å². The highest BCUT2D eigenvalue weighted by molar-refractivity contribution is 6.37. The van der Waals surface area contributed by atoms with Crippen LogP contribution in [0.4, 0.5) is 10.6 Å².